The van der Waals surface area contributed by atoms with Crippen LogP contribution in [-0.2, 0) is 0 Å². The average Bonchev–Trinajstić information content (AvgIpc) is 2.04. The fourth-order valence-corrected chi connectivity index (χ4v) is 1.74. The van der Waals surface area contributed by atoms with Gasteiger partial charge in [0.05, 0.1) is 6.10 Å². The highest BCUT2D eigenvalue weighted by atomic mass is 16.3. The van der Waals surface area contributed by atoms with Crippen molar-refractivity contribution in [2.24, 2.45) is 0 Å². The second-order valence-corrected chi connectivity index (χ2v) is 3.77. The molecule has 2 unspecified atom stereocenters. The maximum atomic E-state index is 9.43. The largest absolute Gasteiger partial charge is 0.392 e. The van der Waals surface area contributed by atoms with Crippen LogP contribution in [0, 0.1) is 0 Å². The third-order valence-corrected chi connectivity index (χ3v) is 2.77. The van der Waals surface area contributed by atoms with Crippen LogP contribution >= 0.6 is 0 Å². The summed E-state index contributed by atoms with van der Waals surface area (Å²) in [6, 6.07) is 0.824. The maximum absolute atomic E-state index is 9.43. The lowest BCUT2D eigenvalue weighted by molar-refractivity contribution is 0.0366. The summed E-state index contributed by atoms with van der Waals surface area (Å²) in [5.41, 5.74) is 0. The molecule has 0 aliphatic carbocycles. The van der Waals surface area contributed by atoms with Crippen molar-refractivity contribution in [3.8, 4) is 0 Å². The first kappa shape index (κ1) is 9.96. The number of rotatable bonds is 2. The molecule has 1 rings (SSSR count). The number of aliphatic hydroxyl groups excluding tert-OH is 1. The molecular formula is C9H20N2O. The first-order valence-corrected chi connectivity index (χ1v) is 4.77. The SMILES string of the molecule is CC(O)C(C)N1CCNC[C@@H]1C. The third-order valence-electron chi connectivity index (χ3n) is 2.77. The van der Waals surface area contributed by atoms with Gasteiger partial charge in [0, 0.05) is 31.7 Å². The summed E-state index contributed by atoms with van der Waals surface area (Å²) in [5, 5.41) is 12.8. The Labute approximate surface area is 74.8 Å². The summed E-state index contributed by atoms with van der Waals surface area (Å²) in [5.74, 6) is 0. The first-order chi connectivity index (χ1) is 5.63. The van der Waals surface area contributed by atoms with Crippen LogP contribution < -0.4 is 5.32 Å². The highest BCUT2D eigenvalue weighted by molar-refractivity contribution is 4.82. The lowest BCUT2D eigenvalue weighted by Gasteiger charge is -2.39. The van der Waals surface area contributed by atoms with Gasteiger partial charge >= 0.3 is 0 Å². The van der Waals surface area contributed by atoms with E-state index in [1.165, 1.54) is 0 Å². The lowest BCUT2D eigenvalue weighted by Crippen LogP contribution is -2.55. The highest BCUT2D eigenvalue weighted by Gasteiger charge is 2.25. The van der Waals surface area contributed by atoms with E-state index in [9.17, 15) is 5.11 Å². The molecule has 0 aromatic rings. The van der Waals surface area contributed by atoms with Crippen molar-refractivity contribution in [2.45, 2.75) is 39.0 Å². The molecule has 3 atom stereocenters. The zero-order valence-electron chi connectivity index (χ0n) is 8.25. The van der Waals surface area contributed by atoms with E-state index in [0.29, 0.717) is 6.04 Å². The molecule has 1 heterocycles. The van der Waals surface area contributed by atoms with Gasteiger partial charge in [-0.2, -0.15) is 0 Å². The predicted octanol–water partition coefficient (Wildman–Crippen LogP) is 0.0494. The van der Waals surface area contributed by atoms with Crippen LogP contribution in [0.1, 0.15) is 20.8 Å². The Balaban J connectivity index is 2.47. The van der Waals surface area contributed by atoms with Crippen molar-refractivity contribution in [1.29, 1.82) is 0 Å². The van der Waals surface area contributed by atoms with E-state index in [-0.39, 0.29) is 12.1 Å². The molecule has 0 bridgehead atoms. The molecule has 0 aromatic carbocycles. The Hall–Kier alpha value is -0.120. The summed E-state index contributed by atoms with van der Waals surface area (Å²) in [6.07, 6.45) is -0.231. The van der Waals surface area contributed by atoms with Crippen LogP contribution in [0.2, 0.25) is 0 Å². The van der Waals surface area contributed by atoms with E-state index in [0.717, 1.165) is 19.6 Å². The van der Waals surface area contributed by atoms with E-state index in [1.807, 2.05) is 6.92 Å². The van der Waals surface area contributed by atoms with Crippen molar-refractivity contribution in [1.82, 2.24) is 10.2 Å². The zero-order valence-corrected chi connectivity index (χ0v) is 8.25. The van der Waals surface area contributed by atoms with Crippen molar-refractivity contribution < 1.29 is 5.11 Å². The average molecular weight is 172 g/mol. The predicted molar refractivity (Wildman–Crippen MR) is 50.2 cm³/mol. The molecule has 0 amide bonds. The highest BCUT2D eigenvalue weighted by Crippen LogP contribution is 2.10. The fourth-order valence-electron chi connectivity index (χ4n) is 1.74. The van der Waals surface area contributed by atoms with E-state index in [4.69, 9.17) is 0 Å². The van der Waals surface area contributed by atoms with Crippen LogP contribution in [0.15, 0.2) is 0 Å². The number of hydrogen-bond acceptors (Lipinski definition) is 3. The summed E-state index contributed by atoms with van der Waals surface area (Å²) in [7, 11) is 0. The van der Waals surface area contributed by atoms with Gasteiger partial charge in [-0.15, -0.1) is 0 Å². The minimum Gasteiger partial charge on any atom is -0.392 e. The van der Waals surface area contributed by atoms with Crippen LogP contribution in [0.4, 0.5) is 0 Å². The lowest BCUT2D eigenvalue weighted by atomic mass is 10.1. The van der Waals surface area contributed by atoms with Gasteiger partial charge in [-0.25, -0.2) is 0 Å². The minimum atomic E-state index is -0.231. The quantitative estimate of drug-likeness (QED) is 0.618. The third kappa shape index (κ3) is 2.19. The molecule has 1 aliphatic heterocycles. The van der Waals surface area contributed by atoms with E-state index in [2.05, 4.69) is 24.1 Å². The summed E-state index contributed by atoms with van der Waals surface area (Å²) in [6.45, 7) is 9.28. The summed E-state index contributed by atoms with van der Waals surface area (Å²) < 4.78 is 0. The second kappa shape index (κ2) is 4.21. The van der Waals surface area contributed by atoms with E-state index in [1.54, 1.807) is 0 Å². The van der Waals surface area contributed by atoms with Crippen molar-refractivity contribution in [3.63, 3.8) is 0 Å². The summed E-state index contributed by atoms with van der Waals surface area (Å²) in [4.78, 5) is 2.36. The van der Waals surface area contributed by atoms with Gasteiger partial charge in [-0.3, -0.25) is 4.90 Å². The smallest absolute Gasteiger partial charge is 0.0664 e. The molecule has 0 spiro atoms. The monoisotopic (exact) mass is 172 g/mol. The van der Waals surface area contributed by atoms with Gasteiger partial charge in [0.15, 0.2) is 0 Å². The molecule has 2 N–H and O–H groups in total. The van der Waals surface area contributed by atoms with Crippen molar-refractivity contribution in [3.05, 3.63) is 0 Å². The zero-order chi connectivity index (χ0) is 9.14. The molecule has 1 saturated heterocycles. The van der Waals surface area contributed by atoms with Gasteiger partial charge in [-0.1, -0.05) is 0 Å². The molecule has 72 valence electrons. The van der Waals surface area contributed by atoms with Gasteiger partial charge in [0.25, 0.3) is 0 Å². The van der Waals surface area contributed by atoms with Gasteiger partial charge in [-0.05, 0) is 20.8 Å². The minimum absolute atomic E-state index is 0.231. The molecule has 3 heteroatoms. The van der Waals surface area contributed by atoms with Crippen molar-refractivity contribution in [2.75, 3.05) is 19.6 Å². The number of piperazine rings is 1. The van der Waals surface area contributed by atoms with Crippen LogP contribution in [0.3, 0.4) is 0 Å². The molecule has 1 aliphatic rings. The molecular weight excluding hydrogens is 152 g/mol. The van der Waals surface area contributed by atoms with Crippen LogP contribution in [-0.4, -0.2) is 47.8 Å². The number of nitrogens with one attached hydrogen (secondary N) is 1. The van der Waals surface area contributed by atoms with Crippen molar-refractivity contribution >= 4 is 0 Å². The Morgan fingerprint density at radius 2 is 2.17 bits per heavy atom. The molecule has 3 nitrogen and oxygen atoms in total. The number of nitrogens with zero attached hydrogens (tertiary/aromatic N) is 1. The topological polar surface area (TPSA) is 35.5 Å². The van der Waals surface area contributed by atoms with Crippen LogP contribution in [0.5, 0.6) is 0 Å². The van der Waals surface area contributed by atoms with Gasteiger partial charge < -0.3 is 10.4 Å². The number of hydrogen-bond donors (Lipinski definition) is 2. The molecule has 0 radical (unpaired) electrons. The van der Waals surface area contributed by atoms with Gasteiger partial charge in [0.1, 0.15) is 0 Å². The fraction of sp³-hybridized carbons (Fsp3) is 1.00. The molecule has 12 heavy (non-hydrogen) atoms. The Morgan fingerprint density at radius 1 is 1.50 bits per heavy atom. The Morgan fingerprint density at radius 3 is 2.67 bits per heavy atom. The second-order valence-electron chi connectivity index (χ2n) is 3.77. The summed E-state index contributed by atoms with van der Waals surface area (Å²) >= 11 is 0. The van der Waals surface area contributed by atoms with E-state index >= 15 is 0 Å². The normalized spacial score (nSPS) is 31.5. The maximum Gasteiger partial charge on any atom is 0.0664 e. The molecule has 0 saturated carbocycles. The Bertz CT molecular complexity index is 138. The first-order valence-electron chi connectivity index (χ1n) is 4.77. The standard InChI is InChI=1S/C9H20N2O/c1-7-6-10-4-5-11(7)8(2)9(3)12/h7-10,12H,4-6H2,1-3H3/t7-,8?,9?/m0/s1. The molecule has 0 aromatic heterocycles. The van der Waals surface area contributed by atoms with Crippen LogP contribution in [0.25, 0.3) is 0 Å². The molecule has 1 fully saturated rings. The Kier molecular flexibility index (Phi) is 3.50. The van der Waals surface area contributed by atoms with Gasteiger partial charge in [0.2, 0.25) is 0 Å². The number of aliphatic hydroxyl groups is 1. The van der Waals surface area contributed by atoms with E-state index < -0.39 is 0 Å².